The fraction of sp³-hybridized carbons (Fsp3) is 0.474. The molecule has 2 atom stereocenters. The van der Waals surface area contributed by atoms with Gasteiger partial charge in [0.2, 0.25) is 5.91 Å². The summed E-state index contributed by atoms with van der Waals surface area (Å²) in [5.41, 5.74) is 3.44. The maximum atomic E-state index is 12.4. The molecule has 5 heteroatoms. The normalized spacial score (nSPS) is 24.4. The number of aryl methyl sites for hydroxylation is 1. The molecule has 0 aliphatic carbocycles. The average molecular weight is 324 g/mol. The van der Waals surface area contributed by atoms with Crippen molar-refractivity contribution in [2.45, 2.75) is 25.4 Å². The number of nitrogens with zero attached hydrogens (tertiary/aromatic N) is 4. The largest absolute Gasteiger partial charge is 0.341 e. The SMILES string of the molecule is CN1C(=O)[C@H]2CC[C@@H]1CN(Cc1cn(C)nc1-c1ccccc1)C2. The topological polar surface area (TPSA) is 41.4 Å². The van der Waals surface area contributed by atoms with Crippen LogP contribution in [-0.4, -0.2) is 51.7 Å². The molecule has 4 heterocycles. The molecular formula is C19H24N4O. The molecule has 0 unspecified atom stereocenters. The van der Waals surface area contributed by atoms with Crippen molar-refractivity contribution in [3.8, 4) is 11.3 Å². The maximum absolute atomic E-state index is 12.4. The molecule has 0 N–H and O–H groups in total. The number of hydrogen-bond acceptors (Lipinski definition) is 3. The van der Waals surface area contributed by atoms with Gasteiger partial charge in [-0.05, 0) is 12.8 Å². The van der Waals surface area contributed by atoms with Crippen LogP contribution in [0.5, 0.6) is 0 Å². The van der Waals surface area contributed by atoms with E-state index in [1.165, 1.54) is 5.56 Å². The smallest absolute Gasteiger partial charge is 0.227 e. The number of carbonyl (C=O) groups excluding carboxylic acids is 1. The summed E-state index contributed by atoms with van der Waals surface area (Å²) in [7, 11) is 3.93. The Labute approximate surface area is 142 Å². The number of likely N-dealkylation sites (N-methyl/N-ethyl adjacent to an activating group) is 1. The highest BCUT2D eigenvalue weighted by Crippen LogP contribution is 2.30. The summed E-state index contributed by atoms with van der Waals surface area (Å²) in [5, 5.41) is 4.67. The van der Waals surface area contributed by atoms with Gasteiger partial charge in [-0.3, -0.25) is 14.4 Å². The molecule has 3 aliphatic rings. The second-order valence-corrected chi connectivity index (χ2v) is 7.11. The Hall–Kier alpha value is -2.14. The van der Waals surface area contributed by atoms with Gasteiger partial charge in [-0.15, -0.1) is 0 Å². The average Bonchev–Trinajstić information content (AvgIpc) is 2.77. The van der Waals surface area contributed by atoms with Crippen molar-refractivity contribution in [3.63, 3.8) is 0 Å². The predicted molar refractivity (Wildman–Crippen MR) is 93.2 cm³/mol. The Morgan fingerprint density at radius 3 is 2.71 bits per heavy atom. The molecule has 1 aromatic carbocycles. The van der Waals surface area contributed by atoms with Crippen LogP contribution in [0.3, 0.4) is 0 Å². The zero-order chi connectivity index (χ0) is 16.7. The number of carbonyl (C=O) groups is 1. The summed E-state index contributed by atoms with van der Waals surface area (Å²) in [5.74, 6) is 0.480. The highest BCUT2D eigenvalue weighted by molar-refractivity contribution is 5.80. The molecule has 2 bridgehead atoms. The Morgan fingerprint density at radius 2 is 1.92 bits per heavy atom. The van der Waals surface area contributed by atoms with E-state index in [1.54, 1.807) is 0 Å². The molecule has 0 radical (unpaired) electrons. The van der Waals surface area contributed by atoms with Crippen molar-refractivity contribution in [2.75, 3.05) is 20.1 Å². The van der Waals surface area contributed by atoms with Gasteiger partial charge < -0.3 is 4.90 Å². The lowest BCUT2D eigenvalue weighted by Gasteiger charge is -2.32. The van der Waals surface area contributed by atoms with Gasteiger partial charge >= 0.3 is 0 Å². The van der Waals surface area contributed by atoms with E-state index in [1.807, 2.05) is 41.9 Å². The zero-order valence-electron chi connectivity index (χ0n) is 14.4. The van der Waals surface area contributed by atoms with Gasteiger partial charge in [-0.1, -0.05) is 30.3 Å². The molecule has 2 aromatic rings. The Morgan fingerprint density at radius 1 is 1.12 bits per heavy atom. The summed E-state index contributed by atoms with van der Waals surface area (Å²) in [6.07, 6.45) is 4.27. The van der Waals surface area contributed by atoms with Crippen LogP contribution in [0.4, 0.5) is 0 Å². The molecule has 0 saturated carbocycles. The summed E-state index contributed by atoms with van der Waals surface area (Å²) in [6, 6.07) is 10.7. The lowest BCUT2D eigenvalue weighted by Crippen LogP contribution is -2.45. The molecule has 3 fully saturated rings. The first-order valence-corrected chi connectivity index (χ1v) is 8.69. The summed E-state index contributed by atoms with van der Waals surface area (Å²) < 4.78 is 1.89. The van der Waals surface area contributed by atoms with Gasteiger partial charge in [0.25, 0.3) is 0 Å². The predicted octanol–water partition coefficient (Wildman–Crippen LogP) is 2.14. The van der Waals surface area contributed by atoms with Crippen LogP contribution in [0.25, 0.3) is 11.3 Å². The third-order valence-corrected chi connectivity index (χ3v) is 5.39. The van der Waals surface area contributed by atoms with E-state index in [-0.39, 0.29) is 5.92 Å². The van der Waals surface area contributed by atoms with Crippen molar-refractivity contribution in [1.82, 2.24) is 19.6 Å². The van der Waals surface area contributed by atoms with Crippen molar-refractivity contribution < 1.29 is 4.79 Å². The van der Waals surface area contributed by atoms with E-state index in [0.717, 1.165) is 43.7 Å². The van der Waals surface area contributed by atoms with Crippen molar-refractivity contribution >= 4 is 5.91 Å². The lowest BCUT2D eigenvalue weighted by molar-refractivity contribution is -0.138. The first kappa shape index (κ1) is 15.4. The molecule has 5 nitrogen and oxygen atoms in total. The van der Waals surface area contributed by atoms with Gasteiger partial charge in [-0.25, -0.2) is 0 Å². The molecule has 1 amide bonds. The maximum Gasteiger partial charge on any atom is 0.227 e. The van der Waals surface area contributed by atoms with Crippen LogP contribution in [0.2, 0.25) is 0 Å². The van der Waals surface area contributed by atoms with Gasteiger partial charge in [0.1, 0.15) is 0 Å². The number of fused-ring (bicyclic) bond motifs is 4. The standard InChI is InChI=1S/C19H24N4O/c1-21-10-16(18(20-21)14-6-4-3-5-7-14)12-23-11-15-8-9-17(13-23)22(2)19(15)24/h3-7,10,15,17H,8-9,11-13H2,1-2H3/t15-,17+/m0/s1. The van der Waals surface area contributed by atoms with E-state index >= 15 is 0 Å². The third kappa shape index (κ3) is 2.73. The van der Waals surface area contributed by atoms with Crippen LogP contribution in [0.15, 0.2) is 36.5 Å². The van der Waals surface area contributed by atoms with E-state index in [4.69, 9.17) is 0 Å². The fourth-order valence-electron chi connectivity index (χ4n) is 4.11. The highest BCUT2D eigenvalue weighted by Gasteiger charge is 2.38. The van der Waals surface area contributed by atoms with Crippen LogP contribution >= 0.6 is 0 Å². The van der Waals surface area contributed by atoms with E-state index in [0.29, 0.717) is 11.9 Å². The van der Waals surface area contributed by atoms with Crippen LogP contribution < -0.4 is 0 Å². The summed E-state index contributed by atoms with van der Waals surface area (Å²) >= 11 is 0. The minimum atomic E-state index is 0.158. The number of hydrogen-bond donors (Lipinski definition) is 0. The highest BCUT2D eigenvalue weighted by atomic mass is 16.2. The molecular weight excluding hydrogens is 300 g/mol. The van der Waals surface area contributed by atoms with E-state index in [9.17, 15) is 4.79 Å². The van der Waals surface area contributed by atoms with Crippen molar-refractivity contribution in [2.24, 2.45) is 13.0 Å². The second kappa shape index (κ2) is 6.06. The molecule has 1 aromatic heterocycles. The van der Waals surface area contributed by atoms with Crippen LogP contribution in [-0.2, 0) is 18.4 Å². The first-order valence-electron chi connectivity index (χ1n) is 8.69. The number of amides is 1. The quantitative estimate of drug-likeness (QED) is 0.869. The van der Waals surface area contributed by atoms with Crippen molar-refractivity contribution in [3.05, 3.63) is 42.1 Å². The third-order valence-electron chi connectivity index (χ3n) is 5.39. The van der Waals surface area contributed by atoms with Crippen molar-refractivity contribution in [1.29, 1.82) is 0 Å². The number of piperidine rings is 1. The Bertz CT molecular complexity index is 739. The van der Waals surface area contributed by atoms with E-state index < -0.39 is 0 Å². The minimum Gasteiger partial charge on any atom is -0.341 e. The van der Waals surface area contributed by atoms with E-state index in [2.05, 4.69) is 28.3 Å². The van der Waals surface area contributed by atoms with Gasteiger partial charge in [0.05, 0.1) is 11.6 Å². The van der Waals surface area contributed by atoms with Gasteiger partial charge in [-0.2, -0.15) is 5.10 Å². The Kier molecular flexibility index (Phi) is 3.88. The summed E-state index contributed by atoms with van der Waals surface area (Å²) in [6.45, 7) is 2.68. The number of aromatic nitrogens is 2. The number of rotatable bonds is 3. The molecule has 3 saturated heterocycles. The van der Waals surface area contributed by atoms with Gasteiger partial charge in [0, 0.05) is 57.1 Å². The second-order valence-electron chi connectivity index (χ2n) is 7.11. The lowest BCUT2D eigenvalue weighted by atomic mass is 9.95. The molecule has 3 aliphatic heterocycles. The molecule has 126 valence electrons. The monoisotopic (exact) mass is 324 g/mol. The molecule has 5 rings (SSSR count). The zero-order valence-corrected chi connectivity index (χ0v) is 14.4. The first-order chi connectivity index (χ1) is 11.6. The van der Waals surface area contributed by atoms with Gasteiger partial charge in [0.15, 0.2) is 0 Å². The molecule has 24 heavy (non-hydrogen) atoms. The van der Waals surface area contributed by atoms with Crippen LogP contribution in [0, 0.1) is 5.92 Å². The molecule has 0 spiro atoms. The Balaban J connectivity index is 1.59. The fourth-order valence-corrected chi connectivity index (χ4v) is 4.11. The summed E-state index contributed by atoms with van der Waals surface area (Å²) in [4.78, 5) is 16.8. The number of benzene rings is 1. The minimum absolute atomic E-state index is 0.158. The van der Waals surface area contributed by atoms with Crippen LogP contribution in [0.1, 0.15) is 18.4 Å².